The van der Waals surface area contributed by atoms with Crippen LogP contribution in [-0.2, 0) is 0 Å². The molecule has 2 N–H and O–H groups in total. The zero-order valence-corrected chi connectivity index (χ0v) is 10.5. The Morgan fingerprint density at radius 3 is 2.50 bits per heavy atom. The number of aliphatic hydroxyl groups is 1. The van der Waals surface area contributed by atoms with Crippen molar-refractivity contribution in [3.05, 3.63) is 0 Å². The van der Waals surface area contributed by atoms with E-state index in [9.17, 15) is 5.11 Å². The number of rotatable bonds is 3. The number of nitrogens with one attached hydrogen (secondary N) is 1. The molecule has 1 saturated heterocycles. The SMILES string of the molecule is CNC1CCCCC1CN1CCC(O)CC1. The first-order chi connectivity index (χ1) is 7.79. The van der Waals surface area contributed by atoms with E-state index >= 15 is 0 Å². The minimum Gasteiger partial charge on any atom is -0.393 e. The van der Waals surface area contributed by atoms with Crippen LogP contribution in [0, 0.1) is 5.92 Å². The fraction of sp³-hybridized carbons (Fsp3) is 1.00. The van der Waals surface area contributed by atoms with Crippen LogP contribution in [0.3, 0.4) is 0 Å². The Bertz CT molecular complexity index is 202. The minimum atomic E-state index is -0.0392. The predicted octanol–water partition coefficient (Wildman–Crippen LogP) is 1.22. The van der Waals surface area contributed by atoms with Crippen molar-refractivity contribution in [3.8, 4) is 0 Å². The first-order valence-corrected chi connectivity index (χ1v) is 6.87. The van der Waals surface area contributed by atoms with E-state index in [1.165, 1.54) is 32.2 Å². The number of piperidine rings is 1. The molecule has 2 rings (SSSR count). The van der Waals surface area contributed by atoms with E-state index in [0.717, 1.165) is 37.9 Å². The summed E-state index contributed by atoms with van der Waals surface area (Å²) in [6.07, 6.45) is 7.42. The van der Waals surface area contributed by atoms with Gasteiger partial charge in [-0.15, -0.1) is 0 Å². The molecule has 16 heavy (non-hydrogen) atoms. The van der Waals surface area contributed by atoms with Gasteiger partial charge in [-0.1, -0.05) is 12.8 Å². The lowest BCUT2D eigenvalue weighted by Crippen LogP contribution is -2.45. The number of hydrogen-bond acceptors (Lipinski definition) is 3. The first kappa shape index (κ1) is 12.3. The molecule has 2 aliphatic rings. The maximum atomic E-state index is 9.49. The van der Waals surface area contributed by atoms with E-state index in [4.69, 9.17) is 0 Å². The van der Waals surface area contributed by atoms with Gasteiger partial charge in [0.2, 0.25) is 0 Å². The molecule has 2 atom stereocenters. The van der Waals surface area contributed by atoms with Crippen LogP contribution >= 0.6 is 0 Å². The second-order valence-electron chi connectivity index (χ2n) is 5.47. The standard InChI is InChI=1S/C13H26N2O/c1-14-13-5-3-2-4-11(13)10-15-8-6-12(16)7-9-15/h11-14,16H,2-10H2,1H3. The molecule has 1 aliphatic heterocycles. The van der Waals surface area contributed by atoms with Crippen molar-refractivity contribution in [3.63, 3.8) is 0 Å². The molecule has 0 aromatic carbocycles. The van der Waals surface area contributed by atoms with Crippen LogP contribution in [0.1, 0.15) is 38.5 Å². The predicted molar refractivity (Wildman–Crippen MR) is 66.5 cm³/mol. The molecular weight excluding hydrogens is 200 g/mol. The molecule has 0 aromatic heterocycles. The summed E-state index contributed by atoms with van der Waals surface area (Å²) in [5.74, 6) is 0.828. The van der Waals surface area contributed by atoms with E-state index in [-0.39, 0.29) is 6.10 Å². The molecule has 0 amide bonds. The Balaban J connectivity index is 1.78. The van der Waals surface area contributed by atoms with Gasteiger partial charge in [0.25, 0.3) is 0 Å². The molecule has 3 nitrogen and oxygen atoms in total. The second kappa shape index (κ2) is 5.99. The molecule has 1 aliphatic carbocycles. The molecule has 0 aromatic rings. The highest BCUT2D eigenvalue weighted by atomic mass is 16.3. The first-order valence-electron chi connectivity index (χ1n) is 6.87. The smallest absolute Gasteiger partial charge is 0.0564 e. The Hall–Kier alpha value is -0.120. The number of likely N-dealkylation sites (tertiary alicyclic amines) is 1. The van der Waals surface area contributed by atoms with Gasteiger partial charge in [-0.2, -0.15) is 0 Å². The van der Waals surface area contributed by atoms with Gasteiger partial charge >= 0.3 is 0 Å². The van der Waals surface area contributed by atoms with Gasteiger partial charge in [0.15, 0.2) is 0 Å². The highest BCUT2D eigenvalue weighted by molar-refractivity contribution is 4.83. The van der Waals surface area contributed by atoms with Crippen molar-refractivity contribution in [1.82, 2.24) is 10.2 Å². The van der Waals surface area contributed by atoms with Crippen molar-refractivity contribution in [1.29, 1.82) is 0 Å². The Labute approximate surface area is 99.2 Å². The normalized spacial score (nSPS) is 34.1. The molecule has 0 spiro atoms. The van der Waals surface area contributed by atoms with Crippen molar-refractivity contribution in [2.45, 2.75) is 50.7 Å². The van der Waals surface area contributed by atoms with Gasteiger partial charge in [0, 0.05) is 25.7 Å². The molecule has 1 saturated carbocycles. The van der Waals surface area contributed by atoms with Crippen molar-refractivity contribution in [2.24, 2.45) is 5.92 Å². The fourth-order valence-corrected chi connectivity index (χ4v) is 3.24. The number of hydrogen-bond donors (Lipinski definition) is 2. The molecule has 0 bridgehead atoms. The lowest BCUT2D eigenvalue weighted by Gasteiger charge is -2.37. The summed E-state index contributed by atoms with van der Waals surface area (Å²) in [5.41, 5.74) is 0. The van der Waals surface area contributed by atoms with Crippen molar-refractivity contribution >= 4 is 0 Å². The van der Waals surface area contributed by atoms with Gasteiger partial charge in [0.1, 0.15) is 0 Å². The summed E-state index contributed by atoms with van der Waals surface area (Å²) in [4.78, 5) is 2.55. The molecule has 3 heteroatoms. The van der Waals surface area contributed by atoms with Crippen LogP contribution < -0.4 is 5.32 Å². The maximum absolute atomic E-state index is 9.49. The molecule has 2 fully saturated rings. The lowest BCUT2D eigenvalue weighted by molar-refractivity contribution is 0.0666. The summed E-state index contributed by atoms with van der Waals surface area (Å²) in [5, 5.41) is 13.0. The van der Waals surface area contributed by atoms with Crippen LogP contribution in [0.25, 0.3) is 0 Å². The summed E-state index contributed by atoms with van der Waals surface area (Å²) < 4.78 is 0. The van der Waals surface area contributed by atoms with Gasteiger partial charge in [-0.25, -0.2) is 0 Å². The largest absolute Gasteiger partial charge is 0.393 e. The third kappa shape index (κ3) is 3.19. The lowest BCUT2D eigenvalue weighted by atomic mass is 9.84. The van der Waals surface area contributed by atoms with Gasteiger partial charge < -0.3 is 15.3 Å². The topological polar surface area (TPSA) is 35.5 Å². The highest BCUT2D eigenvalue weighted by Gasteiger charge is 2.27. The van der Waals surface area contributed by atoms with Crippen LogP contribution in [0.5, 0.6) is 0 Å². The zero-order chi connectivity index (χ0) is 11.4. The average Bonchev–Trinajstić information content (AvgIpc) is 2.33. The van der Waals surface area contributed by atoms with E-state index in [0.29, 0.717) is 0 Å². The molecule has 0 radical (unpaired) electrons. The third-order valence-electron chi connectivity index (χ3n) is 4.33. The third-order valence-corrected chi connectivity index (χ3v) is 4.33. The van der Waals surface area contributed by atoms with E-state index in [2.05, 4.69) is 17.3 Å². The Morgan fingerprint density at radius 1 is 1.12 bits per heavy atom. The molecule has 2 unspecified atom stereocenters. The van der Waals surface area contributed by atoms with Crippen molar-refractivity contribution in [2.75, 3.05) is 26.7 Å². The van der Waals surface area contributed by atoms with E-state index < -0.39 is 0 Å². The maximum Gasteiger partial charge on any atom is 0.0564 e. The Morgan fingerprint density at radius 2 is 1.81 bits per heavy atom. The molecule has 1 heterocycles. The van der Waals surface area contributed by atoms with E-state index in [1.807, 2.05) is 0 Å². The van der Waals surface area contributed by atoms with Crippen LogP contribution in [0.4, 0.5) is 0 Å². The van der Waals surface area contributed by atoms with E-state index in [1.54, 1.807) is 0 Å². The number of nitrogens with zero attached hydrogens (tertiary/aromatic N) is 1. The number of aliphatic hydroxyl groups excluding tert-OH is 1. The highest BCUT2D eigenvalue weighted by Crippen LogP contribution is 2.26. The summed E-state index contributed by atoms with van der Waals surface area (Å²) in [6, 6.07) is 0.723. The van der Waals surface area contributed by atoms with Crippen LogP contribution in [-0.4, -0.2) is 48.8 Å². The molecule has 94 valence electrons. The van der Waals surface area contributed by atoms with Gasteiger partial charge in [-0.05, 0) is 38.6 Å². The van der Waals surface area contributed by atoms with Gasteiger partial charge in [-0.3, -0.25) is 0 Å². The zero-order valence-electron chi connectivity index (χ0n) is 10.5. The van der Waals surface area contributed by atoms with Crippen LogP contribution in [0.15, 0.2) is 0 Å². The summed E-state index contributed by atoms with van der Waals surface area (Å²) in [7, 11) is 2.10. The fourth-order valence-electron chi connectivity index (χ4n) is 3.24. The van der Waals surface area contributed by atoms with Crippen molar-refractivity contribution < 1.29 is 5.11 Å². The van der Waals surface area contributed by atoms with Crippen LogP contribution in [0.2, 0.25) is 0 Å². The Kier molecular flexibility index (Phi) is 4.62. The quantitative estimate of drug-likeness (QED) is 0.759. The van der Waals surface area contributed by atoms with Gasteiger partial charge in [0.05, 0.1) is 6.10 Å². The minimum absolute atomic E-state index is 0.0392. The average molecular weight is 226 g/mol. The monoisotopic (exact) mass is 226 g/mol. The second-order valence-corrected chi connectivity index (χ2v) is 5.47. The summed E-state index contributed by atoms with van der Waals surface area (Å²) in [6.45, 7) is 3.42. The summed E-state index contributed by atoms with van der Waals surface area (Å²) >= 11 is 0. The molecular formula is C13H26N2O.